The van der Waals surface area contributed by atoms with E-state index in [-0.39, 0.29) is 51.8 Å². The molecule has 0 aliphatic carbocycles. The molecule has 1 aliphatic heterocycles. The van der Waals surface area contributed by atoms with E-state index in [0.717, 1.165) is 12.8 Å². The number of hydrogen-bond acceptors (Lipinski definition) is 7. The van der Waals surface area contributed by atoms with Gasteiger partial charge in [-0.2, -0.15) is 19.0 Å². The predicted molar refractivity (Wildman–Crippen MR) is 134 cm³/mol. The second-order valence-electron chi connectivity index (χ2n) is 8.63. The van der Waals surface area contributed by atoms with Gasteiger partial charge in [-0.25, -0.2) is 9.50 Å². The number of ether oxygens (including phenoxy) is 1. The number of aromatic nitrogens is 5. The summed E-state index contributed by atoms with van der Waals surface area (Å²) in [6, 6.07) is 5.68. The Morgan fingerprint density at radius 2 is 2.16 bits per heavy atom. The van der Waals surface area contributed by atoms with Crippen LogP contribution in [-0.4, -0.2) is 66.8 Å². The molecule has 198 valence electrons. The number of alkyl halides is 2. The van der Waals surface area contributed by atoms with Crippen LogP contribution in [0, 0.1) is 0 Å². The summed E-state index contributed by atoms with van der Waals surface area (Å²) in [5, 5.41) is 11.5. The molecule has 11 nitrogen and oxygen atoms in total. The molecule has 38 heavy (non-hydrogen) atoms. The number of fused-ring (bicyclic) bond motifs is 1. The maximum Gasteiger partial charge on any atom is 0.387 e. The minimum atomic E-state index is -3.11. The zero-order valence-electron chi connectivity index (χ0n) is 19.9. The van der Waals surface area contributed by atoms with Gasteiger partial charge >= 0.3 is 6.61 Å². The number of halogens is 3. The van der Waals surface area contributed by atoms with Gasteiger partial charge in [0.1, 0.15) is 23.6 Å². The summed E-state index contributed by atoms with van der Waals surface area (Å²) >= 11 is 6.16. The molecule has 2 amide bonds. The highest BCUT2D eigenvalue weighted by atomic mass is 35.5. The molecule has 5 rings (SSSR count). The summed E-state index contributed by atoms with van der Waals surface area (Å²) in [4.78, 5) is 32.1. The van der Waals surface area contributed by atoms with Gasteiger partial charge in [-0.15, -0.1) is 0 Å². The number of rotatable bonds is 8. The monoisotopic (exact) mass is 544 g/mol. The van der Waals surface area contributed by atoms with E-state index < -0.39 is 12.5 Å². The average Bonchev–Trinajstić information content (AvgIpc) is 3.63. The van der Waals surface area contributed by atoms with Crippen molar-refractivity contribution in [1.29, 1.82) is 0 Å². The molecular formula is C24H23ClF2N8O3. The highest BCUT2D eigenvalue weighted by Gasteiger charge is 2.29. The van der Waals surface area contributed by atoms with Crippen LogP contribution in [0.5, 0.6) is 5.75 Å². The van der Waals surface area contributed by atoms with E-state index in [1.807, 2.05) is 0 Å². The minimum Gasteiger partial charge on any atom is -0.434 e. The molecule has 4 heterocycles. The van der Waals surface area contributed by atoms with Crippen molar-refractivity contribution >= 4 is 34.7 Å². The van der Waals surface area contributed by atoms with Crippen LogP contribution < -0.4 is 15.8 Å². The van der Waals surface area contributed by atoms with Crippen molar-refractivity contribution < 1.29 is 23.1 Å². The Morgan fingerprint density at radius 3 is 2.95 bits per heavy atom. The van der Waals surface area contributed by atoms with E-state index >= 15 is 0 Å². The number of carbonyl (C=O) groups is 2. The van der Waals surface area contributed by atoms with Gasteiger partial charge in [0.2, 0.25) is 5.91 Å². The lowest BCUT2D eigenvalue weighted by atomic mass is 10.1. The first kappa shape index (κ1) is 25.5. The Kier molecular flexibility index (Phi) is 7.20. The van der Waals surface area contributed by atoms with Gasteiger partial charge in [0.15, 0.2) is 5.65 Å². The van der Waals surface area contributed by atoms with E-state index in [1.54, 1.807) is 17.2 Å². The van der Waals surface area contributed by atoms with E-state index in [1.165, 1.54) is 46.0 Å². The molecule has 0 saturated carbocycles. The van der Waals surface area contributed by atoms with Gasteiger partial charge in [0, 0.05) is 48.3 Å². The Morgan fingerprint density at radius 1 is 1.32 bits per heavy atom. The summed E-state index contributed by atoms with van der Waals surface area (Å²) in [5.41, 5.74) is 6.65. The van der Waals surface area contributed by atoms with Crippen LogP contribution in [0.2, 0.25) is 5.02 Å². The molecule has 1 unspecified atom stereocenters. The zero-order valence-corrected chi connectivity index (χ0v) is 20.7. The summed E-state index contributed by atoms with van der Waals surface area (Å²) in [6.45, 7) is -2.32. The van der Waals surface area contributed by atoms with Crippen LogP contribution in [0.25, 0.3) is 16.9 Å². The molecule has 0 bridgehead atoms. The number of nitrogens with two attached hydrogens (primary N) is 1. The molecule has 14 heteroatoms. The Labute approximate surface area is 220 Å². The van der Waals surface area contributed by atoms with Crippen molar-refractivity contribution in [1.82, 2.24) is 29.3 Å². The highest BCUT2D eigenvalue weighted by Crippen LogP contribution is 2.37. The molecule has 0 radical (unpaired) electrons. The van der Waals surface area contributed by atoms with Gasteiger partial charge in [0.05, 0.1) is 11.9 Å². The first-order chi connectivity index (χ1) is 18.3. The largest absolute Gasteiger partial charge is 0.434 e. The van der Waals surface area contributed by atoms with E-state index in [9.17, 15) is 18.4 Å². The Balaban J connectivity index is 1.52. The van der Waals surface area contributed by atoms with E-state index in [4.69, 9.17) is 17.3 Å². The lowest BCUT2D eigenvalue weighted by Crippen LogP contribution is -2.41. The predicted octanol–water partition coefficient (Wildman–Crippen LogP) is 3.05. The standard InChI is InChI=1S/C24H23ClF2N8O3/c25-14-4-5-19(38-24(26)27)16(9-14)21-18(31-23(37)17-11-30-35-8-2-6-29-22(17)35)12-33(32-21)13-20(36)34-7-1-3-15(34)10-28/h2,4-6,8-9,11-12,15,24H,1,3,7,10,13,28H2,(H,31,37). The molecular weight excluding hydrogens is 522 g/mol. The minimum absolute atomic E-state index is 0.0567. The van der Waals surface area contributed by atoms with Crippen LogP contribution in [0.3, 0.4) is 0 Å². The maximum absolute atomic E-state index is 13.2. The van der Waals surface area contributed by atoms with Crippen molar-refractivity contribution in [3.8, 4) is 17.0 Å². The van der Waals surface area contributed by atoms with Crippen molar-refractivity contribution in [2.45, 2.75) is 32.0 Å². The highest BCUT2D eigenvalue weighted by molar-refractivity contribution is 6.31. The Hall–Kier alpha value is -4.10. The van der Waals surface area contributed by atoms with Crippen LogP contribution >= 0.6 is 11.6 Å². The lowest BCUT2D eigenvalue weighted by Gasteiger charge is -2.23. The number of anilines is 1. The summed E-state index contributed by atoms with van der Waals surface area (Å²) in [7, 11) is 0. The number of amides is 2. The van der Waals surface area contributed by atoms with Crippen LogP contribution in [-0.2, 0) is 11.3 Å². The molecule has 1 aliphatic rings. The second kappa shape index (κ2) is 10.7. The van der Waals surface area contributed by atoms with Gasteiger partial charge in [-0.3, -0.25) is 14.3 Å². The fourth-order valence-corrected chi connectivity index (χ4v) is 4.67. The molecule has 4 aromatic rings. The molecule has 1 fully saturated rings. The summed E-state index contributed by atoms with van der Waals surface area (Å²) in [6.07, 6.45) is 7.64. The van der Waals surface area contributed by atoms with Crippen molar-refractivity contribution in [2.75, 3.05) is 18.4 Å². The van der Waals surface area contributed by atoms with Crippen LogP contribution in [0.15, 0.2) is 49.1 Å². The van der Waals surface area contributed by atoms with Gasteiger partial charge in [0.25, 0.3) is 5.91 Å². The molecule has 3 aromatic heterocycles. The SMILES string of the molecule is NCC1CCCN1C(=O)Cn1cc(NC(=O)c2cnn3cccnc23)c(-c2cc(Cl)ccc2OC(F)F)n1. The van der Waals surface area contributed by atoms with Crippen molar-refractivity contribution in [2.24, 2.45) is 5.73 Å². The third-order valence-corrected chi connectivity index (χ3v) is 6.45. The molecule has 0 spiro atoms. The van der Waals surface area contributed by atoms with Gasteiger partial charge < -0.3 is 20.7 Å². The van der Waals surface area contributed by atoms with E-state index in [0.29, 0.717) is 18.7 Å². The maximum atomic E-state index is 13.2. The first-order valence-corrected chi connectivity index (χ1v) is 12.1. The van der Waals surface area contributed by atoms with Gasteiger partial charge in [-0.1, -0.05) is 11.6 Å². The van der Waals surface area contributed by atoms with Crippen LogP contribution in [0.1, 0.15) is 23.2 Å². The molecule has 1 saturated heterocycles. The third kappa shape index (κ3) is 5.15. The smallest absolute Gasteiger partial charge is 0.387 e. The van der Waals surface area contributed by atoms with Crippen molar-refractivity contribution in [3.63, 3.8) is 0 Å². The molecule has 1 aromatic carbocycles. The fraction of sp³-hybridized carbons (Fsp3) is 0.292. The van der Waals surface area contributed by atoms with Crippen molar-refractivity contribution in [3.05, 3.63) is 59.6 Å². The van der Waals surface area contributed by atoms with Crippen LogP contribution in [0.4, 0.5) is 14.5 Å². The normalized spacial score (nSPS) is 15.4. The summed E-state index contributed by atoms with van der Waals surface area (Å²) in [5.74, 6) is -0.962. The topological polar surface area (TPSA) is 133 Å². The lowest BCUT2D eigenvalue weighted by molar-refractivity contribution is -0.132. The number of carbonyl (C=O) groups excluding carboxylic acids is 2. The number of benzene rings is 1. The number of nitrogens with one attached hydrogen (secondary N) is 1. The molecule has 3 N–H and O–H groups in total. The number of hydrogen-bond donors (Lipinski definition) is 2. The van der Waals surface area contributed by atoms with Gasteiger partial charge in [-0.05, 0) is 37.1 Å². The molecule has 1 atom stereocenters. The van der Waals surface area contributed by atoms with E-state index in [2.05, 4.69) is 25.2 Å². The quantitative estimate of drug-likeness (QED) is 0.348. The summed E-state index contributed by atoms with van der Waals surface area (Å²) < 4.78 is 33.8. The first-order valence-electron chi connectivity index (χ1n) is 11.8. The fourth-order valence-electron chi connectivity index (χ4n) is 4.49. The number of likely N-dealkylation sites (tertiary alicyclic amines) is 1. The Bertz CT molecular complexity index is 1490. The number of nitrogens with zero attached hydrogens (tertiary/aromatic N) is 6. The zero-order chi connectivity index (χ0) is 26.8. The second-order valence-corrected chi connectivity index (χ2v) is 9.06. The average molecular weight is 545 g/mol. The third-order valence-electron chi connectivity index (χ3n) is 6.21.